The van der Waals surface area contributed by atoms with Gasteiger partial charge in [0.1, 0.15) is 11.6 Å². The van der Waals surface area contributed by atoms with E-state index < -0.39 is 23.8 Å². The van der Waals surface area contributed by atoms with Crippen LogP contribution in [-0.2, 0) is 9.53 Å². The van der Waals surface area contributed by atoms with Crippen molar-refractivity contribution < 1.29 is 23.5 Å². The summed E-state index contributed by atoms with van der Waals surface area (Å²) >= 11 is 5.85. The average Bonchev–Trinajstić information content (AvgIpc) is 2.57. The van der Waals surface area contributed by atoms with Crippen LogP contribution in [0.4, 0.5) is 10.1 Å². The van der Waals surface area contributed by atoms with Crippen molar-refractivity contribution in [1.82, 2.24) is 0 Å². The van der Waals surface area contributed by atoms with E-state index in [9.17, 15) is 14.0 Å². The van der Waals surface area contributed by atoms with Crippen molar-refractivity contribution in [1.29, 1.82) is 0 Å². The van der Waals surface area contributed by atoms with E-state index in [0.29, 0.717) is 5.75 Å². The van der Waals surface area contributed by atoms with Crippen LogP contribution < -0.4 is 10.1 Å². The Balaban J connectivity index is 2.04. The molecule has 0 aliphatic carbocycles. The lowest BCUT2D eigenvalue weighted by molar-refractivity contribution is -0.123. The zero-order valence-corrected chi connectivity index (χ0v) is 14.7. The van der Waals surface area contributed by atoms with Crippen LogP contribution in [0.3, 0.4) is 0 Å². The largest absolute Gasteiger partial charge is 0.496 e. The number of amides is 1. The fraction of sp³-hybridized carbons (Fsp3) is 0.222. The van der Waals surface area contributed by atoms with Gasteiger partial charge in [0.25, 0.3) is 5.91 Å². The van der Waals surface area contributed by atoms with Crippen molar-refractivity contribution in [2.75, 3.05) is 12.4 Å². The number of rotatable bonds is 5. The van der Waals surface area contributed by atoms with Crippen LogP contribution in [0.2, 0.25) is 5.02 Å². The molecule has 0 heterocycles. The highest BCUT2D eigenvalue weighted by molar-refractivity contribution is 6.33. The van der Waals surface area contributed by atoms with Crippen molar-refractivity contribution in [2.24, 2.45) is 0 Å². The summed E-state index contributed by atoms with van der Waals surface area (Å²) < 4.78 is 23.3. The predicted octanol–water partition coefficient (Wildman–Crippen LogP) is 3.98. The smallest absolute Gasteiger partial charge is 0.339 e. The van der Waals surface area contributed by atoms with Crippen molar-refractivity contribution >= 4 is 29.2 Å². The van der Waals surface area contributed by atoms with Crippen molar-refractivity contribution in [3.63, 3.8) is 0 Å². The van der Waals surface area contributed by atoms with Crippen molar-refractivity contribution in [2.45, 2.75) is 20.0 Å². The topological polar surface area (TPSA) is 64.6 Å². The van der Waals surface area contributed by atoms with Gasteiger partial charge in [-0.2, -0.15) is 0 Å². The SMILES string of the molecule is COc1cc(C(=O)O[C@H](C)C(=O)Nc2ccc(F)cc2Cl)ccc1C. The average molecular weight is 366 g/mol. The molecule has 0 aliphatic rings. The minimum Gasteiger partial charge on any atom is -0.496 e. The molecule has 25 heavy (non-hydrogen) atoms. The number of carbonyl (C=O) groups is 2. The van der Waals surface area contributed by atoms with Gasteiger partial charge in [-0.25, -0.2) is 9.18 Å². The molecular formula is C18H17ClFNO4. The lowest BCUT2D eigenvalue weighted by Crippen LogP contribution is -2.30. The Kier molecular flexibility index (Phi) is 5.98. The summed E-state index contributed by atoms with van der Waals surface area (Å²) in [6.45, 7) is 3.27. The molecule has 2 rings (SSSR count). The Morgan fingerprint density at radius 1 is 1.20 bits per heavy atom. The molecule has 0 aromatic heterocycles. The number of halogens is 2. The number of anilines is 1. The van der Waals surface area contributed by atoms with E-state index in [4.69, 9.17) is 21.1 Å². The summed E-state index contributed by atoms with van der Waals surface area (Å²) in [5.41, 5.74) is 1.37. The molecule has 5 nitrogen and oxygen atoms in total. The highest BCUT2D eigenvalue weighted by atomic mass is 35.5. The lowest BCUT2D eigenvalue weighted by Gasteiger charge is -2.15. The summed E-state index contributed by atoms with van der Waals surface area (Å²) in [4.78, 5) is 24.3. The van der Waals surface area contributed by atoms with E-state index in [1.54, 1.807) is 18.2 Å². The zero-order chi connectivity index (χ0) is 18.6. The molecule has 0 bridgehead atoms. The molecule has 1 N–H and O–H groups in total. The maximum atomic E-state index is 13.0. The van der Waals surface area contributed by atoms with Gasteiger partial charge >= 0.3 is 5.97 Å². The van der Waals surface area contributed by atoms with Crippen LogP contribution in [0.5, 0.6) is 5.75 Å². The first-order chi connectivity index (χ1) is 11.8. The molecule has 0 radical (unpaired) electrons. The van der Waals surface area contributed by atoms with Crippen LogP contribution >= 0.6 is 11.6 Å². The lowest BCUT2D eigenvalue weighted by atomic mass is 10.1. The van der Waals surface area contributed by atoms with E-state index in [2.05, 4.69) is 5.32 Å². The molecule has 1 amide bonds. The molecular weight excluding hydrogens is 349 g/mol. The van der Waals surface area contributed by atoms with Gasteiger partial charge in [0.2, 0.25) is 0 Å². The van der Waals surface area contributed by atoms with E-state index in [1.165, 1.54) is 20.1 Å². The number of esters is 1. The Bertz CT molecular complexity index is 810. The van der Waals surface area contributed by atoms with Gasteiger partial charge in [0.05, 0.1) is 23.4 Å². The van der Waals surface area contributed by atoms with Crippen LogP contribution in [0.15, 0.2) is 36.4 Å². The van der Waals surface area contributed by atoms with E-state index in [0.717, 1.165) is 17.7 Å². The van der Waals surface area contributed by atoms with Gasteiger partial charge in [-0.05, 0) is 49.7 Å². The van der Waals surface area contributed by atoms with Gasteiger partial charge in [0, 0.05) is 0 Å². The van der Waals surface area contributed by atoms with Crippen LogP contribution in [0.25, 0.3) is 0 Å². The zero-order valence-electron chi connectivity index (χ0n) is 13.9. The van der Waals surface area contributed by atoms with Gasteiger partial charge in [0.15, 0.2) is 6.10 Å². The number of hydrogen-bond donors (Lipinski definition) is 1. The molecule has 7 heteroatoms. The second-order valence-corrected chi connectivity index (χ2v) is 5.75. The first kappa shape index (κ1) is 18.7. The number of carbonyl (C=O) groups excluding carboxylic acids is 2. The third-order valence-corrected chi connectivity index (χ3v) is 3.80. The van der Waals surface area contributed by atoms with Gasteiger partial charge in [-0.15, -0.1) is 0 Å². The van der Waals surface area contributed by atoms with E-state index >= 15 is 0 Å². The number of ether oxygens (including phenoxy) is 2. The predicted molar refractivity (Wildman–Crippen MR) is 92.6 cm³/mol. The summed E-state index contributed by atoms with van der Waals surface area (Å²) in [6.07, 6.45) is -1.07. The molecule has 0 fully saturated rings. The van der Waals surface area contributed by atoms with Crippen molar-refractivity contribution in [3.8, 4) is 5.75 Å². The quantitative estimate of drug-likeness (QED) is 0.814. The second kappa shape index (κ2) is 7.98. The van der Waals surface area contributed by atoms with E-state index in [1.807, 2.05) is 6.92 Å². The summed E-state index contributed by atoms with van der Waals surface area (Å²) in [5, 5.41) is 2.54. The fourth-order valence-electron chi connectivity index (χ4n) is 2.05. The Morgan fingerprint density at radius 3 is 2.56 bits per heavy atom. The third kappa shape index (κ3) is 4.70. The first-order valence-corrected chi connectivity index (χ1v) is 7.81. The molecule has 0 unspecified atom stereocenters. The number of methoxy groups -OCH3 is 1. The fourth-order valence-corrected chi connectivity index (χ4v) is 2.27. The Labute approximate surface area is 149 Å². The third-order valence-electron chi connectivity index (χ3n) is 3.49. The maximum absolute atomic E-state index is 13.0. The summed E-state index contributed by atoms with van der Waals surface area (Å²) in [5.74, 6) is -1.22. The minimum atomic E-state index is -1.07. The molecule has 2 aromatic rings. The summed E-state index contributed by atoms with van der Waals surface area (Å²) in [6, 6.07) is 8.41. The van der Waals surface area contributed by atoms with Crippen LogP contribution in [-0.4, -0.2) is 25.1 Å². The first-order valence-electron chi connectivity index (χ1n) is 7.43. The second-order valence-electron chi connectivity index (χ2n) is 5.35. The molecule has 0 saturated carbocycles. The van der Waals surface area contributed by atoms with Crippen molar-refractivity contribution in [3.05, 3.63) is 58.4 Å². The molecule has 0 saturated heterocycles. The Hall–Kier alpha value is -2.60. The van der Waals surface area contributed by atoms with Crippen LogP contribution in [0, 0.1) is 12.7 Å². The highest BCUT2D eigenvalue weighted by Gasteiger charge is 2.20. The standard InChI is InChI=1S/C18H17ClFNO4/c1-10-4-5-12(8-16(10)24-3)18(23)25-11(2)17(22)21-15-7-6-13(20)9-14(15)19/h4-9,11H,1-3H3,(H,21,22)/t11-/m1/s1. The number of aryl methyl sites for hydroxylation is 1. The molecule has 2 aromatic carbocycles. The Morgan fingerprint density at radius 2 is 1.92 bits per heavy atom. The maximum Gasteiger partial charge on any atom is 0.339 e. The monoisotopic (exact) mass is 365 g/mol. The van der Waals surface area contributed by atoms with E-state index in [-0.39, 0.29) is 16.3 Å². The minimum absolute atomic E-state index is 0.0511. The highest BCUT2D eigenvalue weighted by Crippen LogP contribution is 2.23. The summed E-state index contributed by atoms with van der Waals surface area (Å²) in [7, 11) is 1.50. The number of hydrogen-bond acceptors (Lipinski definition) is 4. The molecule has 0 aliphatic heterocycles. The van der Waals surface area contributed by atoms with Gasteiger partial charge < -0.3 is 14.8 Å². The van der Waals surface area contributed by atoms with Crippen LogP contribution in [0.1, 0.15) is 22.8 Å². The van der Waals surface area contributed by atoms with Gasteiger partial charge in [-0.1, -0.05) is 17.7 Å². The number of benzene rings is 2. The normalized spacial score (nSPS) is 11.6. The number of nitrogens with one attached hydrogen (secondary N) is 1. The molecule has 1 atom stereocenters. The van der Waals surface area contributed by atoms with Gasteiger partial charge in [-0.3, -0.25) is 4.79 Å². The molecule has 0 spiro atoms. The molecule has 132 valence electrons.